The van der Waals surface area contributed by atoms with E-state index in [1.807, 2.05) is 19.0 Å². The molecule has 1 aliphatic rings. The molecule has 0 radical (unpaired) electrons. The van der Waals surface area contributed by atoms with Crippen LogP contribution in [-0.4, -0.2) is 67.5 Å². The maximum atomic E-state index is 9.72. The second-order valence-corrected chi connectivity index (χ2v) is 3.41. The number of rotatable bonds is 3. The molecule has 1 saturated heterocycles. The van der Waals surface area contributed by atoms with E-state index in [-0.39, 0.29) is 18.8 Å². The van der Waals surface area contributed by atoms with Gasteiger partial charge < -0.3 is 24.6 Å². The van der Waals surface area contributed by atoms with Gasteiger partial charge in [0.1, 0.15) is 12.2 Å². The van der Waals surface area contributed by atoms with E-state index >= 15 is 0 Å². The third-order valence-electron chi connectivity index (χ3n) is 2.33. The highest BCUT2D eigenvalue weighted by Gasteiger charge is 2.44. The zero-order chi connectivity index (χ0) is 10.0. The van der Waals surface area contributed by atoms with Crippen molar-refractivity contribution in [2.24, 2.45) is 0 Å². The summed E-state index contributed by atoms with van der Waals surface area (Å²) in [5.74, 6) is 0. The molecule has 0 aliphatic carbocycles. The molecule has 1 heterocycles. The highest BCUT2D eigenvalue weighted by molar-refractivity contribution is 4.91. The van der Waals surface area contributed by atoms with Crippen molar-refractivity contribution in [1.29, 1.82) is 0 Å². The number of ether oxygens (including phenoxy) is 2. The van der Waals surface area contributed by atoms with Gasteiger partial charge in [0.2, 0.25) is 0 Å². The van der Waals surface area contributed by atoms with E-state index in [0.717, 1.165) is 0 Å². The van der Waals surface area contributed by atoms with Crippen LogP contribution in [0.1, 0.15) is 0 Å². The predicted molar refractivity (Wildman–Crippen MR) is 46.2 cm³/mol. The summed E-state index contributed by atoms with van der Waals surface area (Å²) in [5.41, 5.74) is 0. The molecule has 4 atom stereocenters. The molecule has 13 heavy (non-hydrogen) atoms. The fourth-order valence-electron chi connectivity index (χ4n) is 1.70. The van der Waals surface area contributed by atoms with Crippen LogP contribution in [0.2, 0.25) is 0 Å². The monoisotopic (exact) mass is 191 g/mol. The average molecular weight is 191 g/mol. The first-order chi connectivity index (χ1) is 6.11. The SMILES string of the molecule is CO[C@H]1O[C@H](CO)[C@H](N(C)C)[C@H]1O. The fraction of sp³-hybridized carbons (Fsp3) is 1.00. The molecule has 0 amide bonds. The Kier molecular flexibility index (Phi) is 3.63. The molecule has 0 saturated carbocycles. The average Bonchev–Trinajstić information content (AvgIpc) is 2.41. The summed E-state index contributed by atoms with van der Waals surface area (Å²) in [4.78, 5) is 1.82. The normalized spacial score (nSPS) is 40.2. The van der Waals surface area contributed by atoms with Gasteiger partial charge in [-0.25, -0.2) is 0 Å². The van der Waals surface area contributed by atoms with Crippen LogP contribution < -0.4 is 0 Å². The minimum absolute atomic E-state index is 0.111. The summed E-state index contributed by atoms with van der Waals surface area (Å²) in [6.07, 6.45) is -1.73. The lowest BCUT2D eigenvalue weighted by molar-refractivity contribution is -0.153. The minimum atomic E-state index is -0.711. The van der Waals surface area contributed by atoms with Crippen LogP contribution in [0, 0.1) is 0 Å². The Hall–Kier alpha value is -0.200. The van der Waals surface area contributed by atoms with Gasteiger partial charge >= 0.3 is 0 Å². The van der Waals surface area contributed by atoms with E-state index in [1.165, 1.54) is 7.11 Å². The van der Waals surface area contributed by atoms with Gasteiger partial charge in [0.05, 0.1) is 12.6 Å². The molecule has 0 aromatic rings. The number of methoxy groups -OCH3 is 1. The Labute approximate surface area is 77.9 Å². The van der Waals surface area contributed by atoms with Crippen LogP contribution >= 0.6 is 0 Å². The van der Waals surface area contributed by atoms with Crippen LogP contribution in [0.5, 0.6) is 0 Å². The molecular formula is C8H17NO4. The highest BCUT2D eigenvalue weighted by Crippen LogP contribution is 2.24. The molecule has 2 N–H and O–H groups in total. The molecular weight excluding hydrogens is 174 g/mol. The van der Waals surface area contributed by atoms with Gasteiger partial charge in [-0.1, -0.05) is 0 Å². The largest absolute Gasteiger partial charge is 0.394 e. The van der Waals surface area contributed by atoms with Gasteiger partial charge in [-0.15, -0.1) is 0 Å². The summed E-state index contributed by atoms with van der Waals surface area (Å²) in [6.45, 7) is -0.111. The highest BCUT2D eigenvalue weighted by atomic mass is 16.7. The van der Waals surface area contributed by atoms with Gasteiger partial charge in [-0.2, -0.15) is 0 Å². The van der Waals surface area contributed by atoms with Gasteiger partial charge in [-0.3, -0.25) is 0 Å². The summed E-state index contributed by atoms with van der Waals surface area (Å²) in [5, 5.41) is 18.7. The second-order valence-electron chi connectivity index (χ2n) is 3.41. The third-order valence-corrected chi connectivity index (χ3v) is 2.33. The molecule has 78 valence electrons. The Morgan fingerprint density at radius 3 is 2.38 bits per heavy atom. The molecule has 0 bridgehead atoms. The zero-order valence-corrected chi connectivity index (χ0v) is 8.17. The van der Waals surface area contributed by atoms with Crippen molar-refractivity contribution in [2.45, 2.75) is 24.5 Å². The lowest BCUT2D eigenvalue weighted by atomic mass is 10.1. The van der Waals surface area contributed by atoms with E-state index < -0.39 is 12.4 Å². The lowest BCUT2D eigenvalue weighted by Gasteiger charge is -2.25. The maximum Gasteiger partial charge on any atom is 0.185 e. The van der Waals surface area contributed by atoms with Crippen LogP contribution in [-0.2, 0) is 9.47 Å². The molecule has 0 aromatic carbocycles. The van der Waals surface area contributed by atoms with Gasteiger partial charge in [0.25, 0.3) is 0 Å². The van der Waals surface area contributed by atoms with E-state index in [0.29, 0.717) is 0 Å². The molecule has 0 spiro atoms. The van der Waals surface area contributed by atoms with Crippen molar-refractivity contribution in [3.8, 4) is 0 Å². The van der Waals surface area contributed by atoms with E-state index in [2.05, 4.69) is 0 Å². The van der Waals surface area contributed by atoms with E-state index in [9.17, 15) is 5.11 Å². The van der Waals surface area contributed by atoms with Crippen molar-refractivity contribution in [1.82, 2.24) is 4.90 Å². The lowest BCUT2D eigenvalue weighted by Crippen LogP contribution is -2.45. The van der Waals surface area contributed by atoms with E-state index in [1.54, 1.807) is 0 Å². The van der Waals surface area contributed by atoms with Crippen LogP contribution in [0.15, 0.2) is 0 Å². The number of nitrogens with zero attached hydrogens (tertiary/aromatic N) is 1. The first kappa shape index (κ1) is 10.9. The van der Waals surface area contributed by atoms with Crippen molar-refractivity contribution in [3.05, 3.63) is 0 Å². The van der Waals surface area contributed by atoms with Crippen LogP contribution in [0.3, 0.4) is 0 Å². The topological polar surface area (TPSA) is 62.2 Å². The number of hydrogen-bond acceptors (Lipinski definition) is 5. The number of aliphatic hydroxyl groups excluding tert-OH is 2. The smallest absolute Gasteiger partial charge is 0.185 e. The fourth-order valence-corrected chi connectivity index (χ4v) is 1.70. The Balaban J connectivity index is 2.68. The third kappa shape index (κ3) is 2.00. The van der Waals surface area contributed by atoms with Gasteiger partial charge in [0.15, 0.2) is 6.29 Å². The molecule has 0 unspecified atom stereocenters. The number of aliphatic hydroxyl groups is 2. The molecule has 1 fully saturated rings. The summed E-state index contributed by atoms with van der Waals surface area (Å²) in [7, 11) is 5.14. The second kappa shape index (κ2) is 4.34. The quantitative estimate of drug-likeness (QED) is 0.577. The van der Waals surface area contributed by atoms with Crippen molar-refractivity contribution in [2.75, 3.05) is 27.8 Å². The molecule has 1 rings (SSSR count). The molecule has 1 aliphatic heterocycles. The summed E-state index contributed by atoms with van der Waals surface area (Å²) >= 11 is 0. The van der Waals surface area contributed by atoms with E-state index in [4.69, 9.17) is 14.6 Å². The van der Waals surface area contributed by atoms with Crippen molar-refractivity contribution in [3.63, 3.8) is 0 Å². The maximum absolute atomic E-state index is 9.72. The van der Waals surface area contributed by atoms with Crippen LogP contribution in [0.25, 0.3) is 0 Å². The number of likely N-dealkylation sites (N-methyl/N-ethyl adjacent to an activating group) is 1. The number of hydrogen-bond donors (Lipinski definition) is 2. The molecule has 5 heteroatoms. The Bertz CT molecular complexity index is 162. The van der Waals surface area contributed by atoms with Crippen LogP contribution in [0.4, 0.5) is 0 Å². The minimum Gasteiger partial charge on any atom is -0.394 e. The van der Waals surface area contributed by atoms with Crippen molar-refractivity contribution >= 4 is 0 Å². The van der Waals surface area contributed by atoms with Gasteiger partial charge in [0, 0.05) is 7.11 Å². The summed E-state index contributed by atoms with van der Waals surface area (Å²) < 4.78 is 10.2. The Morgan fingerprint density at radius 1 is 1.46 bits per heavy atom. The predicted octanol–water partition coefficient (Wildman–Crippen LogP) is -1.36. The standard InChI is InChI=1S/C8H17NO4/c1-9(2)6-5(4-10)13-8(12-3)7(6)11/h5-8,10-11H,4H2,1-3H3/t5-,6+,7-,8+/m1/s1. The first-order valence-electron chi connectivity index (χ1n) is 4.25. The first-order valence-corrected chi connectivity index (χ1v) is 4.25. The Morgan fingerprint density at radius 2 is 2.08 bits per heavy atom. The van der Waals surface area contributed by atoms with Gasteiger partial charge in [-0.05, 0) is 14.1 Å². The molecule has 0 aromatic heterocycles. The molecule has 5 nitrogen and oxygen atoms in total. The zero-order valence-electron chi connectivity index (χ0n) is 8.17. The summed E-state index contributed by atoms with van der Waals surface area (Å²) in [6, 6.07) is -0.213. The van der Waals surface area contributed by atoms with Crippen molar-refractivity contribution < 1.29 is 19.7 Å².